The molecule has 8 nitrogen and oxygen atoms in total. The van der Waals surface area contributed by atoms with Crippen molar-refractivity contribution >= 4 is 33.3 Å². The lowest BCUT2D eigenvalue weighted by molar-refractivity contribution is -0.126. The van der Waals surface area contributed by atoms with E-state index in [0.29, 0.717) is 31.0 Å². The summed E-state index contributed by atoms with van der Waals surface area (Å²) in [5.41, 5.74) is 1.03. The highest BCUT2D eigenvalue weighted by molar-refractivity contribution is 7.92. The Labute approximate surface area is 203 Å². The number of likely N-dealkylation sites (tertiary alicyclic amines) is 1. The van der Waals surface area contributed by atoms with Crippen LogP contribution in [0.1, 0.15) is 48.0 Å². The van der Waals surface area contributed by atoms with Gasteiger partial charge in [0.05, 0.1) is 16.2 Å². The average molecular weight is 501 g/mol. The molecule has 1 aliphatic heterocycles. The Hall–Kier alpha value is -2.96. The SMILES string of the molecule is N#C[C@H]1C[C@H](S(=O)(=O)c2cccc(C(=O)N3CCCC[C@@H]3C(=O)NCc3ccc(Cl)nc3)c2)C1. The molecule has 2 heterocycles. The highest BCUT2D eigenvalue weighted by Gasteiger charge is 2.40. The first kappa shape index (κ1) is 24.2. The fourth-order valence-electron chi connectivity index (χ4n) is 4.35. The van der Waals surface area contributed by atoms with Crippen molar-refractivity contribution in [1.82, 2.24) is 15.2 Å². The summed E-state index contributed by atoms with van der Waals surface area (Å²) in [4.78, 5) is 31.9. The van der Waals surface area contributed by atoms with Gasteiger partial charge in [-0.15, -0.1) is 0 Å². The van der Waals surface area contributed by atoms with E-state index in [4.69, 9.17) is 16.9 Å². The van der Waals surface area contributed by atoms with Crippen LogP contribution in [0.4, 0.5) is 0 Å². The van der Waals surface area contributed by atoms with Gasteiger partial charge in [0.15, 0.2) is 9.84 Å². The molecule has 178 valence electrons. The number of amides is 2. The topological polar surface area (TPSA) is 120 Å². The molecule has 34 heavy (non-hydrogen) atoms. The summed E-state index contributed by atoms with van der Waals surface area (Å²) in [5, 5.41) is 11.6. The molecule has 2 aliphatic rings. The van der Waals surface area contributed by atoms with E-state index in [9.17, 15) is 18.0 Å². The van der Waals surface area contributed by atoms with Crippen LogP contribution in [0.15, 0.2) is 47.5 Å². The van der Waals surface area contributed by atoms with Crippen LogP contribution in [0.5, 0.6) is 0 Å². The van der Waals surface area contributed by atoms with Gasteiger partial charge >= 0.3 is 0 Å². The number of piperidine rings is 1. The summed E-state index contributed by atoms with van der Waals surface area (Å²) in [6.07, 6.45) is 4.33. The molecule has 1 saturated heterocycles. The molecule has 10 heteroatoms. The number of nitriles is 1. The molecule has 1 N–H and O–H groups in total. The first-order chi connectivity index (χ1) is 16.3. The molecule has 1 saturated carbocycles. The predicted octanol–water partition coefficient (Wildman–Crippen LogP) is 3.12. The number of sulfone groups is 1. The van der Waals surface area contributed by atoms with Gasteiger partial charge < -0.3 is 10.2 Å². The van der Waals surface area contributed by atoms with E-state index < -0.39 is 21.1 Å². The van der Waals surface area contributed by atoms with Gasteiger partial charge in [0.2, 0.25) is 5.91 Å². The smallest absolute Gasteiger partial charge is 0.254 e. The van der Waals surface area contributed by atoms with Crippen molar-refractivity contribution in [3.05, 3.63) is 58.9 Å². The number of pyridine rings is 1. The van der Waals surface area contributed by atoms with Crippen LogP contribution in [0, 0.1) is 17.2 Å². The molecule has 1 aromatic heterocycles. The number of benzene rings is 1. The second kappa shape index (κ2) is 10.1. The molecule has 0 spiro atoms. The number of carbonyl (C=O) groups is 2. The Morgan fingerprint density at radius 2 is 2.00 bits per heavy atom. The molecular weight excluding hydrogens is 476 g/mol. The van der Waals surface area contributed by atoms with E-state index in [1.165, 1.54) is 17.0 Å². The van der Waals surface area contributed by atoms with Crippen LogP contribution in [-0.4, -0.2) is 48.0 Å². The van der Waals surface area contributed by atoms with Gasteiger partial charge in [-0.2, -0.15) is 5.26 Å². The second-order valence-corrected chi connectivity index (χ2v) is 11.3. The zero-order chi connectivity index (χ0) is 24.3. The van der Waals surface area contributed by atoms with E-state index in [1.807, 2.05) is 0 Å². The minimum atomic E-state index is -3.62. The Balaban J connectivity index is 1.47. The lowest BCUT2D eigenvalue weighted by Gasteiger charge is -2.35. The van der Waals surface area contributed by atoms with Gasteiger partial charge in [0.25, 0.3) is 5.91 Å². The number of nitrogens with zero attached hydrogens (tertiary/aromatic N) is 3. The van der Waals surface area contributed by atoms with Gasteiger partial charge in [-0.3, -0.25) is 9.59 Å². The third kappa shape index (κ3) is 5.08. The van der Waals surface area contributed by atoms with Crippen LogP contribution in [0.25, 0.3) is 0 Å². The van der Waals surface area contributed by atoms with Crippen molar-refractivity contribution in [2.75, 3.05) is 6.54 Å². The number of nitrogens with one attached hydrogen (secondary N) is 1. The lowest BCUT2D eigenvalue weighted by Crippen LogP contribution is -2.51. The molecule has 2 aromatic rings. The van der Waals surface area contributed by atoms with E-state index in [1.54, 1.807) is 30.5 Å². The largest absolute Gasteiger partial charge is 0.350 e. The molecule has 1 aliphatic carbocycles. The Kier molecular flexibility index (Phi) is 7.19. The van der Waals surface area contributed by atoms with Crippen molar-refractivity contribution in [2.45, 2.75) is 54.8 Å². The number of hydrogen-bond donors (Lipinski definition) is 1. The molecule has 1 aromatic carbocycles. The summed E-state index contributed by atoms with van der Waals surface area (Å²) in [6, 6.07) is 10.9. The van der Waals surface area contributed by atoms with Crippen molar-refractivity contribution < 1.29 is 18.0 Å². The number of hydrogen-bond acceptors (Lipinski definition) is 6. The first-order valence-corrected chi connectivity index (χ1v) is 13.1. The van der Waals surface area contributed by atoms with E-state index in [0.717, 1.165) is 18.4 Å². The van der Waals surface area contributed by atoms with Crippen LogP contribution in [0.2, 0.25) is 5.15 Å². The van der Waals surface area contributed by atoms with Crippen LogP contribution in [-0.2, 0) is 21.2 Å². The third-order valence-corrected chi connectivity index (χ3v) is 8.84. The van der Waals surface area contributed by atoms with Crippen LogP contribution < -0.4 is 5.32 Å². The van der Waals surface area contributed by atoms with E-state index >= 15 is 0 Å². The summed E-state index contributed by atoms with van der Waals surface area (Å²) in [7, 11) is -3.62. The molecule has 2 fully saturated rings. The molecule has 0 unspecified atom stereocenters. The summed E-state index contributed by atoms with van der Waals surface area (Å²) in [6.45, 7) is 0.684. The molecular formula is C24H25ClN4O4S. The summed E-state index contributed by atoms with van der Waals surface area (Å²) < 4.78 is 25.9. The minimum Gasteiger partial charge on any atom is -0.350 e. The predicted molar refractivity (Wildman–Crippen MR) is 126 cm³/mol. The third-order valence-electron chi connectivity index (χ3n) is 6.45. The van der Waals surface area contributed by atoms with E-state index in [2.05, 4.69) is 16.4 Å². The van der Waals surface area contributed by atoms with Crippen LogP contribution >= 0.6 is 11.6 Å². The molecule has 0 bridgehead atoms. The standard InChI is InChI=1S/C24H25ClN4O4S/c25-22-8-7-16(14-27-22)15-28-23(30)21-6-1-2-9-29(21)24(31)18-4-3-5-19(12-18)34(32,33)20-10-17(11-20)13-26/h3-5,7-8,12,14,17,20-21H,1-2,6,9-11,15H2,(H,28,30)/t17-,20-,21-/m1/s1. The van der Waals surface area contributed by atoms with E-state index in [-0.39, 0.29) is 34.7 Å². The monoisotopic (exact) mass is 500 g/mol. The van der Waals surface area contributed by atoms with Gasteiger partial charge in [-0.05, 0) is 61.9 Å². The number of carbonyl (C=O) groups excluding carboxylic acids is 2. The van der Waals surface area contributed by atoms with Crippen molar-refractivity contribution in [1.29, 1.82) is 5.26 Å². The molecule has 1 atom stereocenters. The van der Waals surface area contributed by atoms with Crippen molar-refractivity contribution in [3.63, 3.8) is 0 Å². The fourth-order valence-corrected chi connectivity index (χ4v) is 6.38. The molecule has 4 rings (SSSR count). The highest BCUT2D eigenvalue weighted by Crippen LogP contribution is 2.36. The summed E-state index contributed by atoms with van der Waals surface area (Å²) in [5.74, 6) is -0.863. The van der Waals surface area contributed by atoms with Gasteiger partial charge in [-0.25, -0.2) is 13.4 Å². The maximum atomic E-state index is 13.3. The number of halogens is 1. The normalized spacial score (nSPS) is 22.4. The first-order valence-electron chi connectivity index (χ1n) is 11.2. The van der Waals surface area contributed by atoms with Crippen molar-refractivity contribution in [3.8, 4) is 6.07 Å². The maximum absolute atomic E-state index is 13.3. The zero-order valence-corrected chi connectivity index (χ0v) is 20.1. The second-order valence-electron chi connectivity index (χ2n) is 8.71. The minimum absolute atomic E-state index is 0.0768. The fraction of sp³-hybridized carbons (Fsp3) is 0.417. The summed E-state index contributed by atoms with van der Waals surface area (Å²) >= 11 is 5.80. The molecule has 0 radical (unpaired) electrons. The maximum Gasteiger partial charge on any atom is 0.254 e. The Morgan fingerprint density at radius 1 is 1.21 bits per heavy atom. The average Bonchev–Trinajstić information content (AvgIpc) is 2.82. The van der Waals surface area contributed by atoms with Gasteiger partial charge in [0.1, 0.15) is 11.2 Å². The van der Waals surface area contributed by atoms with Crippen LogP contribution in [0.3, 0.4) is 0 Å². The number of aromatic nitrogens is 1. The Bertz CT molecular complexity index is 1220. The van der Waals surface area contributed by atoms with Gasteiger partial charge in [0, 0.05) is 30.8 Å². The zero-order valence-electron chi connectivity index (χ0n) is 18.5. The Morgan fingerprint density at radius 3 is 2.71 bits per heavy atom. The lowest BCUT2D eigenvalue weighted by atomic mass is 9.86. The number of rotatable bonds is 6. The van der Waals surface area contributed by atoms with Gasteiger partial charge in [-0.1, -0.05) is 23.7 Å². The molecule has 2 amide bonds. The quantitative estimate of drug-likeness (QED) is 0.608. The highest BCUT2D eigenvalue weighted by atomic mass is 35.5. The van der Waals surface area contributed by atoms with Crippen molar-refractivity contribution in [2.24, 2.45) is 5.92 Å².